The molecule has 4 aromatic rings. The van der Waals surface area contributed by atoms with Crippen molar-refractivity contribution in [3.63, 3.8) is 0 Å². The van der Waals surface area contributed by atoms with Crippen LogP contribution in [0.1, 0.15) is 34.5 Å². The van der Waals surface area contributed by atoms with Crippen molar-refractivity contribution in [2.75, 3.05) is 32.5 Å². The lowest BCUT2D eigenvalue weighted by molar-refractivity contribution is 0.0792. The smallest absolute Gasteiger partial charge is 0.276 e. The summed E-state index contributed by atoms with van der Waals surface area (Å²) < 4.78 is 0. The highest BCUT2D eigenvalue weighted by atomic mass is 16.3. The Morgan fingerprint density at radius 1 is 1.08 bits per heavy atom. The lowest BCUT2D eigenvalue weighted by Gasteiger charge is -2.29. The van der Waals surface area contributed by atoms with Crippen LogP contribution in [0.15, 0.2) is 60.9 Å². The number of likely N-dealkylation sites (tertiary alicyclic amines) is 1. The molecule has 36 heavy (non-hydrogen) atoms. The number of H-pyrrole nitrogens is 1. The molecule has 1 fully saturated rings. The number of amides is 1. The first kappa shape index (κ1) is 24.1. The van der Waals surface area contributed by atoms with Gasteiger partial charge in [0.1, 0.15) is 0 Å². The SMILES string of the molecule is CN(C)Cc1cccc(NC(=O)c2n[nH]c3ccc(-c4cncc(CN5CCC(O)CC5)c4)cc23)c1. The van der Waals surface area contributed by atoms with Crippen LogP contribution in [-0.4, -0.2) is 69.3 Å². The topological polar surface area (TPSA) is 97.4 Å². The number of aliphatic hydroxyl groups is 1. The van der Waals surface area contributed by atoms with Gasteiger partial charge < -0.3 is 15.3 Å². The molecule has 0 saturated carbocycles. The van der Waals surface area contributed by atoms with Gasteiger partial charge in [-0.2, -0.15) is 5.10 Å². The molecule has 1 amide bonds. The van der Waals surface area contributed by atoms with Gasteiger partial charge in [0.2, 0.25) is 0 Å². The van der Waals surface area contributed by atoms with Crippen LogP contribution in [0.3, 0.4) is 0 Å². The van der Waals surface area contributed by atoms with E-state index >= 15 is 0 Å². The van der Waals surface area contributed by atoms with Crippen molar-refractivity contribution in [3.8, 4) is 11.1 Å². The normalized spacial score (nSPS) is 15.0. The van der Waals surface area contributed by atoms with Crippen molar-refractivity contribution < 1.29 is 9.90 Å². The first-order valence-electron chi connectivity index (χ1n) is 12.3. The summed E-state index contributed by atoms with van der Waals surface area (Å²) in [6.07, 6.45) is 5.19. The molecule has 0 spiro atoms. The molecule has 186 valence electrons. The first-order chi connectivity index (χ1) is 17.4. The minimum atomic E-state index is -0.250. The molecule has 8 nitrogen and oxygen atoms in total. The van der Waals surface area contributed by atoms with Crippen LogP contribution in [0.2, 0.25) is 0 Å². The standard InChI is InChI=1S/C28H32N6O2/c1-33(2)17-19-4-3-5-23(13-19)30-28(36)27-25-14-21(6-7-26(25)31-32-27)22-12-20(15-29-16-22)18-34-10-8-24(35)9-11-34/h3-7,12-16,24,35H,8-11,17-18H2,1-2H3,(H,30,36)(H,31,32). The molecule has 3 heterocycles. The summed E-state index contributed by atoms with van der Waals surface area (Å²) in [5.41, 5.74) is 6.15. The fraction of sp³-hybridized carbons (Fsp3) is 0.321. The van der Waals surface area contributed by atoms with Crippen LogP contribution >= 0.6 is 0 Å². The van der Waals surface area contributed by atoms with Crippen LogP contribution in [0.5, 0.6) is 0 Å². The maximum Gasteiger partial charge on any atom is 0.276 e. The van der Waals surface area contributed by atoms with Crippen molar-refractivity contribution >= 4 is 22.5 Å². The Morgan fingerprint density at radius 2 is 1.92 bits per heavy atom. The molecule has 5 rings (SSSR count). The minimum Gasteiger partial charge on any atom is -0.393 e. The second-order valence-electron chi connectivity index (χ2n) is 9.81. The van der Waals surface area contributed by atoms with Gasteiger partial charge >= 0.3 is 0 Å². The molecular weight excluding hydrogens is 452 g/mol. The molecule has 1 aliphatic heterocycles. The quantitative estimate of drug-likeness (QED) is 0.368. The number of carbonyl (C=O) groups excluding carboxylic acids is 1. The maximum atomic E-state index is 13.1. The predicted molar refractivity (Wildman–Crippen MR) is 142 cm³/mol. The summed E-state index contributed by atoms with van der Waals surface area (Å²) in [5, 5.41) is 20.8. The van der Waals surface area contributed by atoms with E-state index in [1.807, 2.05) is 69.0 Å². The number of nitrogens with zero attached hydrogens (tertiary/aromatic N) is 4. The van der Waals surface area contributed by atoms with Crippen molar-refractivity contribution in [1.82, 2.24) is 25.0 Å². The van der Waals surface area contributed by atoms with Gasteiger partial charge in [-0.25, -0.2) is 0 Å². The van der Waals surface area contributed by atoms with Crippen LogP contribution < -0.4 is 5.32 Å². The van der Waals surface area contributed by atoms with Gasteiger partial charge in [0, 0.05) is 55.2 Å². The van der Waals surface area contributed by atoms with Gasteiger partial charge in [-0.15, -0.1) is 0 Å². The number of rotatable bonds is 7. The van der Waals surface area contributed by atoms with Crippen LogP contribution in [-0.2, 0) is 13.1 Å². The molecule has 2 aromatic carbocycles. The summed E-state index contributed by atoms with van der Waals surface area (Å²) in [4.78, 5) is 22.0. The number of aromatic amines is 1. The number of carbonyl (C=O) groups is 1. The molecule has 3 N–H and O–H groups in total. The van der Waals surface area contributed by atoms with Gasteiger partial charge in [-0.05, 0) is 74.0 Å². The zero-order valence-electron chi connectivity index (χ0n) is 20.7. The number of benzene rings is 2. The van der Waals surface area contributed by atoms with E-state index in [-0.39, 0.29) is 12.0 Å². The van der Waals surface area contributed by atoms with Gasteiger partial charge in [0.25, 0.3) is 5.91 Å². The van der Waals surface area contributed by atoms with E-state index in [0.717, 1.165) is 77.9 Å². The van der Waals surface area contributed by atoms with Crippen LogP contribution in [0, 0.1) is 0 Å². The summed E-state index contributed by atoms with van der Waals surface area (Å²) >= 11 is 0. The van der Waals surface area contributed by atoms with Crippen molar-refractivity contribution in [2.24, 2.45) is 0 Å². The number of fused-ring (bicyclic) bond motifs is 1. The average Bonchev–Trinajstić information content (AvgIpc) is 3.29. The Bertz CT molecular complexity index is 1360. The number of aromatic nitrogens is 3. The molecule has 8 heteroatoms. The fourth-order valence-corrected chi connectivity index (χ4v) is 4.74. The van der Waals surface area contributed by atoms with E-state index < -0.39 is 0 Å². The van der Waals surface area contributed by atoms with Gasteiger partial charge in [-0.3, -0.25) is 19.8 Å². The molecule has 0 atom stereocenters. The number of aliphatic hydroxyl groups excluding tert-OH is 1. The zero-order chi connectivity index (χ0) is 25.1. The highest BCUT2D eigenvalue weighted by Gasteiger charge is 2.18. The molecule has 0 unspecified atom stereocenters. The molecule has 0 aliphatic carbocycles. The Morgan fingerprint density at radius 3 is 2.72 bits per heavy atom. The largest absolute Gasteiger partial charge is 0.393 e. The lowest BCUT2D eigenvalue weighted by atomic mass is 10.0. The van der Waals surface area contributed by atoms with Crippen LogP contribution in [0.4, 0.5) is 5.69 Å². The number of pyridine rings is 1. The number of nitrogens with one attached hydrogen (secondary N) is 2. The van der Waals surface area contributed by atoms with E-state index in [2.05, 4.69) is 36.4 Å². The second kappa shape index (κ2) is 10.6. The molecule has 2 aromatic heterocycles. The molecule has 1 saturated heterocycles. The number of piperidine rings is 1. The average molecular weight is 485 g/mol. The Balaban J connectivity index is 1.36. The van der Waals surface area contributed by atoms with E-state index in [1.54, 1.807) is 0 Å². The zero-order valence-corrected chi connectivity index (χ0v) is 20.7. The molecule has 1 aliphatic rings. The Labute approximate surface area is 211 Å². The first-order valence-corrected chi connectivity index (χ1v) is 12.3. The second-order valence-corrected chi connectivity index (χ2v) is 9.81. The number of hydrogen-bond donors (Lipinski definition) is 3. The van der Waals surface area contributed by atoms with Gasteiger partial charge in [0.15, 0.2) is 5.69 Å². The third-order valence-corrected chi connectivity index (χ3v) is 6.55. The van der Waals surface area contributed by atoms with Crippen molar-refractivity contribution in [2.45, 2.75) is 32.0 Å². The summed E-state index contributed by atoms with van der Waals surface area (Å²) in [7, 11) is 4.03. The maximum absolute atomic E-state index is 13.1. The fourth-order valence-electron chi connectivity index (χ4n) is 4.74. The summed E-state index contributed by atoms with van der Waals surface area (Å²) in [6, 6.07) is 16.0. The Hall–Kier alpha value is -3.59. The molecule has 0 bridgehead atoms. The van der Waals surface area contributed by atoms with Crippen molar-refractivity contribution in [3.05, 3.63) is 77.7 Å². The predicted octanol–water partition coefficient (Wildman–Crippen LogP) is 3.90. The monoisotopic (exact) mass is 484 g/mol. The third-order valence-electron chi connectivity index (χ3n) is 6.55. The van der Waals surface area contributed by atoms with Crippen molar-refractivity contribution in [1.29, 1.82) is 0 Å². The lowest BCUT2D eigenvalue weighted by Crippen LogP contribution is -2.35. The number of anilines is 1. The highest BCUT2D eigenvalue weighted by Crippen LogP contribution is 2.27. The van der Waals surface area contributed by atoms with Gasteiger partial charge in [0.05, 0.1) is 11.6 Å². The van der Waals surface area contributed by atoms with Crippen LogP contribution in [0.25, 0.3) is 22.0 Å². The van der Waals surface area contributed by atoms with E-state index in [1.165, 1.54) is 0 Å². The van der Waals surface area contributed by atoms with E-state index in [4.69, 9.17) is 0 Å². The Kier molecular flexibility index (Phi) is 7.09. The number of hydrogen-bond acceptors (Lipinski definition) is 6. The summed E-state index contributed by atoms with van der Waals surface area (Å²) in [6.45, 7) is 3.39. The molecular formula is C28H32N6O2. The van der Waals surface area contributed by atoms with Gasteiger partial charge in [-0.1, -0.05) is 18.2 Å². The van der Waals surface area contributed by atoms with E-state index in [0.29, 0.717) is 5.69 Å². The molecule has 0 radical (unpaired) electrons. The highest BCUT2D eigenvalue weighted by molar-refractivity contribution is 6.11. The van der Waals surface area contributed by atoms with E-state index in [9.17, 15) is 9.90 Å². The minimum absolute atomic E-state index is 0.180. The third kappa shape index (κ3) is 5.62. The summed E-state index contributed by atoms with van der Waals surface area (Å²) in [5.74, 6) is -0.250.